The lowest BCUT2D eigenvalue weighted by Gasteiger charge is -2.15. The smallest absolute Gasteiger partial charge is 0.128 e. The first-order valence-electron chi connectivity index (χ1n) is 7.10. The third-order valence-electron chi connectivity index (χ3n) is 3.80. The number of alkyl halides is 1. The van der Waals surface area contributed by atoms with Crippen molar-refractivity contribution in [1.82, 2.24) is 9.97 Å². The van der Waals surface area contributed by atoms with Gasteiger partial charge in [-0.3, -0.25) is 0 Å². The molecule has 0 amide bonds. The SMILES string of the molecule is F[C@@H]1CCN(c2ccc(-c3nc4ccc(Cl)cc4s3)cn2)C1. The fourth-order valence-electron chi connectivity index (χ4n) is 2.65. The highest BCUT2D eigenvalue weighted by atomic mass is 35.5. The van der Waals surface area contributed by atoms with E-state index in [0.717, 1.165) is 33.2 Å². The topological polar surface area (TPSA) is 29.0 Å². The maximum absolute atomic E-state index is 13.3. The van der Waals surface area contributed by atoms with Crippen molar-refractivity contribution in [3.05, 3.63) is 41.6 Å². The molecule has 1 aliphatic heterocycles. The molecule has 0 radical (unpaired) electrons. The van der Waals surface area contributed by atoms with Gasteiger partial charge in [0.2, 0.25) is 0 Å². The van der Waals surface area contributed by atoms with Crippen LogP contribution in [0.15, 0.2) is 36.5 Å². The summed E-state index contributed by atoms with van der Waals surface area (Å²) in [6, 6.07) is 9.62. The Labute approximate surface area is 136 Å². The number of nitrogens with zero attached hydrogens (tertiary/aromatic N) is 3. The van der Waals surface area contributed by atoms with E-state index in [4.69, 9.17) is 11.6 Å². The fraction of sp³-hybridized carbons (Fsp3) is 0.250. The van der Waals surface area contributed by atoms with Gasteiger partial charge < -0.3 is 4.90 Å². The summed E-state index contributed by atoms with van der Waals surface area (Å²) in [4.78, 5) is 11.0. The largest absolute Gasteiger partial charge is 0.354 e. The van der Waals surface area contributed by atoms with Gasteiger partial charge in [0, 0.05) is 23.3 Å². The van der Waals surface area contributed by atoms with Crippen LogP contribution in [0.1, 0.15) is 6.42 Å². The van der Waals surface area contributed by atoms with Gasteiger partial charge >= 0.3 is 0 Å². The van der Waals surface area contributed by atoms with Crippen molar-refractivity contribution >= 4 is 39.0 Å². The number of fused-ring (bicyclic) bond motifs is 1. The van der Waals surface area contributed by atoms with E-state index in [0.29, 0.717) is 18.0 Å². The maximum Gasteiger partial charge on any atom is 0.128 e. The minimum absolute atomic E-state index is 0.436. The van der Waals surface area contributed by atoms with Crippen LogP contribution < -0.4 is 4.90 Å². The summed E-state index contributed by atoms with van der Waals surface area (Å²) in [7, 11) is 0. The number of aromatic nitrogens is 2. The number of rotatable bonds is 2. The van der Waals surface area contributed by atoms with Crippen LogP contribution in [0, 0.1) is 0 Å². The van der Waals surface area contributed by atoms with E-state index in [9.17, 15) is 4.39 Å². The molecular formula is C16H13ClFN3S. The lowest BCUT2D eigenvalue weighted by atomic mass is 10.3. The third kappa shape index (κ3) is 2.55. The molecule has 1 aromatic carbocycles. The lowest BCUT2D eigenvalue weighted by molar-refractivity contribution is 0.364. The van der Waals surface area contributed by atoms with Crippen LogP contribution in [0.25, 0.3) is 20.8 Å². The number of hydrogen-bond donors (Lipinski definition) is 0. The van der Waals surface area contributed by atoms with E-state index in [1.807, 2.05) is 35.2 Å². The van der Waals surface area contributed by atoms with Crippen molar-refractivity contribution in [2.75, 3.05) is 18.0 Å². The molecule has 0 saturated carbocycles. The van der Waals surface area contributed by atoms with E-state index in [1.54, 1.807) is 17.5 Å². The van der Waals surface area contributed by atoms with Gasteiger partial charge in [0.1, 0.15) is 17.0 Å². The molecule has 1 fully saturated rings. The molecule has 0 spiro atoms. The minimum Gasteiger partial charge on any atom is -0.354 e. The number of halogens is 2. The molecule has 0 N–H and O–H groups in total. The molecule has 112 valence electrons. The maximum atomic E-state index is 13.3. The molecule has 6 heteroatoms. The summed E-state index contributed by atoms with van der Waals surface area (Å²) in [5, 5.41) is 1.63. The van der Waals surface area contributed by atoms with Crippen LogP contribution in [0.3, 0.4) is 0 Å². The van der Waals surface area contributed by atoms with Crippen LogP contribution in [0.5, 0.6) is 0 Å². The highest BCUT2D eigenvalue weighted by Crippen LogP contribution is 2.32. The van der Waals surface area contributed by atoms with Gasteiger partial charge in [-0.1, -0.05) is 11.6 Å². The van der Waals surface area contributed by atoms with Crippen LogP contribution in [-0.4, -0.2) is 29.2 Å². The van der Waals surface area contributed by atoms with Crippen molar-refractivity contribution in [3.8, 4) is 10.6 Å². The molecule has 2 aromatic heterocycles. The van der Waals surface area contributed by atoms with Crippen molar-refractivity contribution in [2.24, 2.45) is 0 Å². The van der Waals surface area contributed by atoms with Gasteiger partial charge in [-0.05, 0) is 36.8 Å². The predicted octanol–water partition coefficient (Wildman–Crippen LogP) is 4.56. The van der Waals surface area contributed by atoms with Crippen LogP contribution in [-0.2, 0) is 0 Å². The molecule has 3 nitrogen and oxygen atoms in total. The molecule has 1 aliphatic rings. The Morgan fingerprint density at radius 1 is 1.27 bits per heavy atom. The van der Waals surface area contributed by atoms with Crippen LogP contribution in [0.2, 0.25) is 5.02 Å². The number of hydrogen-bond acceptors (Lipinski definition) is 4. The standard InChI is InChI=1S/C16H13ClFN3S/c17-11-2-3-13-14(7-11)22-16(20-13)10-1-4-15(19-8-10)21-6-5-12(18)9-21/h1-4,7-8,12H,5-6,9H2/t12-/m1/s1. The summed E-state index contributed by atoms with van der Waals surface area (Å²) in [6.45, 7) is 1.17. The van der Waals surface area contributed by atoms with Crippen molar-refractivity contribution in [1.29, 1.82) is 0 Å². The second kappa shape index (κ2) is 5.48. The first kappa shape index (κ1) is 13.9. The van der Waals surface area contributed by atoms with Gasteiger partial charge in [0.15, 0.2) is 0 Å². The zero-order chi connectivity index (χ0) is 15.1. The zero-order valence-electron chi connectivity index (χ0n) is 11.7. The predicted molar refractivity (Wildman–Crippen MR) is 89.6 cm³/mol. The Balaban J connectivity index is 1.64. The minimum atomic E-state index is -0.740. The average Bonchev–Trinajstić information content (AvgIpc) is 3.13. The molecule has 22 heavy (non-hydrogen) atoms. The molecule has 4 rings (SSSR count). The monoisotopic (exact) mass is 333 g/mol. The Kier molecular flexibility index (Phi) is 3.47. The quantitative estimate of drug-likeness (QED) is 0.688. The summed E-state index contributed by atoms with van der Waals surface area (Å²) in [5.41, 5.74) is 1.91. The van der Waals surface area contributed by atoms with Gasteiger partial charge in [-0.15, -0.1) is 11.3 Å². The third-order valence-corrected chi connectivity index (χ3v) is 5.10. The zero-order valence-corrected chi connectivity index (χ0v) is 13.2. The number of pyridine rings is 1. The van der Waals surface area contributed by atoms with Crippen molar-refractivity contribution in [2.45, 2.75) is 12.6 Å². The Morgan fingerprint density at radius 2 is 2.18 bits per heavy atom. The molecule has 0 unspecified atom stereocenters. The highest BCUT2D eigenvalue weighted by Gasteiger charge is 2.22. The molecule has 3 heterocycles. The van der Waals surface area contributed by atoms with E-state index in [2.05, 4.69) is 9.97 Å². The van der Waals surface area contributed by atoms with Crippen molar-refractivity contribution in [3.63, 3.8) is 0 Å². The van der Waals surface area contributed by atoms with Crippen molar-refractivity contribution < 1.29 is 4.39 Å². The summed E-state index contributed by atoms with van der Waals surface area (Å²) in [6.07, 6.45) is 1.65. The molecule has 0 aliphatic carbocycles. The highest BCUT2D eigenvalue weighted by molar-refractivity contribution is 7.21. The van der Waals surface area contributed by atoms with E-state index >= 15 is 0 Å². The number of thiazole rings is 1. The van der Waals surface area contributed by atoms with Crippen LogP contribution >= 0.6 is 22.9 Å². The van der Waals surface area contributed by atoms with Crippen LogP contribution in [0.4, 0.5) is 10.2 Å². The molecule has 1 atom stereocenters. The average molecular weight is 334 g/mol. The molecule has 1 saturated heterocycles. The van der Waals surface area contributed by atoms with Gasteiger partial charge in [0.05, 0.1) is 16.8 Å². The Morgan fingerprint density at radius 3 is 2.91 bits per heavy atom. The normalized spacial score (nSPS) is 18.3. The van der Waals surface area contributed by atoms with E-state index in [1.165, 1.54) is 0 Å². The van der Waals surface area contributed by atoms with Gasteiger partial charge in [-0.2, -0.15) is 0 Å². The molecule has 0 bridgehead atoms. The fourth-order valence-corrected chi connectivity index (χ4v) is 3.88. The second-order valence-electron chi connectivity index (χ2n) is 5.37. The lowest BCUT2D eigenvalue weighted by Crippen LogP contribution is -2.20. The second-order valence-corrected chi connectivity index (χ2v) is 6.84. The first-order chi connectivity index (χ1) is 10.7. The Bertz CT molecular complexity index is 818. The van der Waals surface area contributed by atoms with E-state index in [-0.39, 0.29) is 0 Å². The van der Waals surface area contributed by atoms with Gasteiger partial charge in [-0.25, -0.2) is 14.4 Å². The first-order valence-corrected chi connectivity index (χ1v) is 8.30. The summed E-state index contributed by atoms with van der Waals surface area (Å²) < 4.78 is 14.3. The summed E-state index contributed by atoms with van der Waals surface area (Å²) >= 11 is 7.60. The molecular weight excluding hydrogens is 321 g/mol. The van der Waals surface area contributed by atoms with E-state index < -0.39 is 6.17 Å². The van der Waals surface area contributed by atoms with Gasteiger partial charge in [0.25, 0.3) is 0 Å². The molecule has 3 aromatic rings. The number of benzene rings is 1. The number of anilines is 1. The Hall–Kier alpha value is -1.72. The summed E-state index contributed by atoms with van der Waals surface area (Å²) in [5.74, 6) is 0.827.